The molecule has 1 aliphatic heterocycles. The van der Waals surface area contributed by atoms with Crippen molar-refractivity contribution in [3.05, 3.63) is 22.4 Å². The second-order valence-electron chi connectivity index (χ2n) is 4.13. The minimum Gasteiger partial charge on any atom is -1.00 e. The maximum atomic E-state index is 6.41. The SMILES string of the molecule is CC[N+]1(Cc2cccs2)CC(Cl)OCC1Cl.[Cl-]. The fraction of sp³-hybridized carbons (Fsp3) is 0.636. The Hall–Kier alpha value is 0.490. The summed E-state index contributed by atoms with van der Waals surface area (Å²) in [7, 11) is 0. The first-order valence-electron chi connectivity index (χ1n) is 5.44. The molecule has 2 nitrogen and oxygen atoms in total. The number of nitrogens with zero attached hydrogens (tertiary/aromatic N) is 1. The molecule has 2 heterocycles. The zero-order valence-electron chi connectivity index (χ0n) is 9.61. The average molecular weight is 317 g/mol. The van der Waals surface area contributed by atoms with Crippen LogP contribution in [0, 0.1) is 0 Å². The Morgan fingerprint density at radius 2 is 2.29 bits per heavy atom. The fourth-order valence-electron chi connectivity index (χ4n) is 2.11. The van der Waals surface area contributed by atoms with Gasteiger partial charge in [-0.05, 0) is 18.4 Å². The molecule has 0 amide bonds. The number of halogens is 3. The van der Waals surface area contributed by atoms with Gasteiger partial charge in [-0.15, -0.1) is 11.3 Å². The first-order chi connectivity index (χ1) is 7.66. The smallest absolute Gasteiger partial charge is 0.188 e. The second kappa shape index (κ2) is 6.60. The Morgan fingerprint density at radius 1 is 1.53 bits per heavy atom. The molecular weight excluding hydrogens is 301 g/mol. The normalized spacial score (nSPS) is 33.1. The van der Waals surface area contributed by atoms with E-state index in [1.165, 1.54) is 4.88 Å². The predicted molar refractivity (Wildman–Crippen MR) is 68.9 cm³/mol. The topological polar surface area (TPSA) is 9.23 Å². The molecular formula is C11H16Cl3NOS. The Morgan fingerprint density at radius 3 is 2.88 bits per heavy atom. The van der Waals surface area contributed by atoms with Gasteiger partial charge in [0.1, 0.15) is 19.7 Å². The molecule has 0 bridgehead atoms. The lowest BCUT2D eigenvalue weighted by molar-refractivity contribution is -0.958. The van der Waals surface area contributed by atoms with Crippen molar-refractivity contribution in [2.24, 2.45) is 0 Å². The highest BCUT2D eigenvalue weighted by atomic mass is 35.5. The number of hydrogen-bond donors (Lipinski definition) is 0. The number of likely N-dealkylation sites (N-methyl/N-ethyl adjacent to an activating group) is 1. The third-order valence-electron chi connectivity index (χ3n) is 3.20. The van der Waals surface area contributed by atoms with Crippen molar-refractivity contribution in [3.8, 4) is 0 Å². The second-order valence-corrected chi connectivity index (χ2v) is 6.16. The summed E-state index contributed by atoms with van der Waals surface area (Å²) in [6, 6.07) is 4.23. The first kappa shape index (κ1) is 15.5. The number of quaternary nitrogens is 1. The van der Waals surface area contributed by atoms with E-state index in [4.69, 9.17) is 27.9 Å². The predicted octanol–water partition coefficient (Wildman–Crippen LogP) is 0.249. The van der Waals surface area contributed by atoms with E-state index in [1.54, 1.807) is 11.3 Å². The molecule has 3 unspecified atom stereocenters. The van der Waals surface area contributed by atoms with Crippen molar-refractivity contribution in [2.45, 2.75) is 24.5 Å². The number of morpholine rings is 1. The summed E-state index contributed by atoms with van der Waals surface area (Å²) in [6.45, 7) is 5.42. The standard InChI is InChI=1S/C11H16Cl2NOS.ClH/c1-2-14(6-9-4-3-5-16-9)7-11(13)15-8-10(14)12;/h3-5,10-11H,2,6-8H2,1H3;1H/q+1;/p-1. The van der Waals surface area contributed by atoms with Gasteiger partial charge in [-0.25, -0.2) is 0 Å². The van der Waals surface area contributed by atoms with Gasteiger partial charge < -0.3 is 17.1 Å². The largest absolute Gasteiger partial charge is 1.00 e. The van der Waals surface area contributed by atoms with Gasteiger partial charge >= 0.3 is 0 Å². The molecule has 1 fully saturated rings. The number of thiophene rings is 1. The third kappa shape index (κ3) is 3.49. The molecule has 1 aliphatic rings. The zero-order chi connectivity index (χ0) is 11.6. The molecule has 1 aromatic heterocycles. The van der Waals surface area contributed by atoms with Gasteiger partial charge in [0.25, 0.3) is 0 Å². The highest BCUT2D eigenvalue weighted by Gasteiger charge is 2.41. The van der Waals surface area contributed by atoms with Crippen LogP contribution in [0.15, 0.2) is 17.5 Å². The number of hydrogen-bond acceptors (Lipinski definition) is 2. The van der Waals surface area contributed by atoms with E-state index in [9.17, 15) is 0 Å². The molecule has 1 saturated heterocycles. The van der Waals surface area contributed by atoms with Crippen LogP contribution in [0.25, 0.3) is 0 Å². The summed E-state index contributed by atoms with van der Waals surface area (Å²) in [5, 5.41) is 2.10. The van der Waals surface area contributed by atoms with Gasteiger partial charge in [0.2, 0.25) is 0 Å². The molecule has 0 radical (unpaired) electrons. The Kier molecular flexibility index (Phi) is 6.03. The van der Waals surface area contributed by atoms with E-state index in [2.05, 4.69) is 24.4 Å². The van der Waals surface area contributed by atoms with Crippen LogP contribution in [-0.4, -0.2) is 35.2 Å². The van der Waals surface area contributed by atoms with E-state index in [0.717, 1.165) is 24.1 Å². The Bertz CT molecular complexity index is 335. The summed E-state index contributed by atoms with van der Waals surface area (Å²) in [5.74, 6) is 0. The maximum absolute atomic E-state index is 6.41. The first-order valence-corrected chi connectivity index (χ1v) is 7.19. The molecule has 0 N–H and O–H groups in total. The van der Waals surface area contributed by atoms with Crippen molar-refractivity contribution >= 4 is 34.5 Å². The molecule has 0 aromatic carbocycles. The molecule has 1 aromatic rings. The molecule has 0 aliphatic carbocycles. The summed E-state index contributed by atoms with van der Waals surface area (Å²) in [4.78, 5) is 1.36. The Balaban J connectivity index is 0.00000144. The number of alkyl halides is 2. The van der Waals surface area contributed by atoms with Crippen LogP contribution in [-0.2, 0) is 11.3 Å². The number of ether oxygens (including phenoxy) is 1. The van der Waals surface area contributed by atoms with Crippen LogP contribution >= 0.6 is 34.5 Å². The molecule has 6 heteroatoms. The van der Waals surface area contributed by atoms with Crippen molar-refractivity contribution in [1.82, 2.24) is 0 Å². The molecule has 2 rings (SSSR count). The lowest BCUT2D eigenvalue weighted by Gasteiger charge is -2.45. The highest BCUT2D eigenvalue weighted by molar-refractivity contribution is 7.09. The maximum Gasteiger partial charge on any atom is 0.188 e. The van der Waals surface area contributed by atoms with E-state index < -0.39 is 0 Å². The van der Waals surface area contributed by atoms with E-state index in [1.807, 2.05) is 0 Å². The quantitative estimate of drug-likeness (QED) is 0.441. The van der Waals surface area contributed by atoms with E-state index in [-0.39, 0.29) is 23.5 Å². The van der Waals surface area contributed by atoms with Crippen molar-refractivity contribution in [2.75, 3.05) is 19.7 Å². The third-order valence-corrected chi connectivity index (χ3v) is 4.86. The highest BCUT2D eigenvalue weighted by Crippen LogP contribution is 2.30. The molecule has 0 saturated carbocycles. The average Bonchev–Trinajstić information content (AvgIpc) is 2.76. The van der Waals surface area contributed by atoms with Crippen molar-refractivity contribution in [3.63, 3.8) is 0 Å². The van der Waals surface area contributed by atoms with Gasteiger partial charge in [-0.2, -0.15) is 0 Å². The van der Waals surface area contributed by atoms with Gasteiger partial charge in [0.05, 0.1) is 11.4 Å². The minimum absolute atomic E-state index is 0. The lowest BCUT2D eigenvalue weighted by atomic mass is 10.2. The van der Waals surface area contributed by atoms with Crippen LogP contribution in [0.4, 0.5) is 0 Å². The minimum atomic E-state index is -0.213. The van der Waals surface area contributed by atoms with Crippen LogP contribution < -0.4 is 12.4 Å². The summed E-state index contributed by atoms with van der Waals surface area (Å²) >= 11 is 14.3. The monoisotopic (exact) mass is 315 g/mol. The van der Waals surface area contributed by atoms with Gasteiger partial charge in [0, 0.05) is 0 Å². The molecule has 98 valence electrons. The molecule has 17 heavy (non-hydrogen) atoms. The van der Waals surface area contributed by atoms with Gasteiger partial charge in [0.15, 0.2) is 11.1 Å². The zero-order valence-corrected chi connectivity index (χ0v) is 12.7. The van der Waals surface area contributed by atoms with E-state index in [0.29, 0.717) is 6.61 Å². The molecule has 0 spiro atoms. The van der Waals surface area contributed by atoms with Crippen molar-refractivity contribution in [1.29, 1.82) is 0 Å². The summed E-state index contributed by atoms with van der Waals surface area (Å²) < 4.78 is 6.20. The summed E-state index contributed by atoms with van der Waals surface area (Å²) in [5.41, 5.74) is -0.211. The van der Waals surface area contributed by atoms with Crippen LogP contribution in [0.3, 0.4) is 0 Å². The van der Waals surface area contributed by atoms with Crippen LogP contribution in [0.5, 0.6) is 0 Å². The lowest BCUT2D eigenvalue weighted by Crippen LogP contribution is -3.00. The fourth-order valence-corrected chi connectivity index (χ4v) is 3.64. The van der Waals surface area contributed by atoms with Crippen LogP contribution in [0.2, 0.25) is 0 Å². The van der Waals surface area contributed by atoms with Crippen molar-refractivity contribution < 1.29 is 21.6 Å². The number of rotatable bonds is 3. The molecule has 3 atom stereocenters. The van der Waals surface area contributed by atoms with E-state index >= 15 is 0 Å². The van der Waals surface area contributed by atoms with Gasteiger partial charge in [-0.1, -0.05) is 29.3 Å². The van der Waals surface area contributed by atoms with Gasteiger partial charge in [-0.3, -0.25) is 4.48 Å². The Labute approximate surface area is 122 Å². The summed E-state index contributed by atoms with van der Waals surface area (Å²) in [6.07, 6.45) is 0. The van der Waals surface area contributed by atoms with Crippen LogP contribution in [0.1, 0.15) is 11.8 Å².